The van der Waals surface area contributed by atoms with Gasteiger partial charge in [-0.3, -0.25) is 0 Å². The number of rotatable bonds is 2. The quantitative estimate of drug-likeness (QED) is 0.676. The molecule has 1 aliphatic heterocycles. The highest BCUT2D eigenvalue weighted by molar-refractivity contribution is 6.73. The Morgan fingerprint density at radius 1 is 0.864 bits per heavy atom. The molecule has 0 saturated carbocycles. The molecule has 0 fully saturated rings. The van der Waals surface area contributed by atoms with Crippen molar-refractivity contribution in [2.24, 2.45) is 0 Å². The summed E-state index contributed by atoms with van der Waals surface area (Å²) in [6, 6.07) is 19.0. The van der Waals surface area contributed by atoms with E-state index in [2.05, 4.69) is 34.7 Å². The predicted octanol–water partition coefficient (Wildman–Crippen LogP) is 4.56. The molecule has 2 N–H and O–H groups in total. The number of hydrogen-bond acceptors (Lipinski definition) is 2. The lowest BCUT2D eigenvalue weighted by atomic mass is 9.73. The fourth-order valence-electron chi connectivity index (χ4n) is 2.87. The molecule has 0 aliphatic carbocycles. The molecule has 0 atom stereocenters. The fourth-order valence-corrected chi connectivity index (χ4v) is 2.87. The fraction of sp³-hybridized carbons (Fsp3) is 0. The van der Waals surface area contributed by atoms with E-state index in [0.29, 0.717) is 0 Å². The SMILES string of the molecule is Fc1cccc(/C=C/B2Nc3cccc4cccc(c34)N2)c1. The Kier molecular flexibility index (Phi) is 3.08. The largest absolute Gasteiger partial charge is 0.405 e. The minimum Gasteiger partial charge on any atom is -0.405 e. The minimum absolute atomic E-state index is 0.0243. The third kappa shape index (κ3) is 2.33. The van der Waals surface area contributed by atoms with E-state index >= 15 is 0 Å². The van der Waals surface area contributed by atoms with Crippen LogP contribution in [0.4, 0.5) is 15.8 Å². The summed E-state index contributed by atoms with van der Waals surface area (Å²) >= 11 is 0. The number of halogens is 1. The summed E-state index contributed by atoms with van der Waals surface area (Å²) in [5.41, 5.74) is 3.07. The lowest BCUT2D eigenvalue weighted by Gasteiger charge is -2.24. The molecule has 2 nitrogen and oxygen atoms in total. The summed E-state index contributed by atoms with van der Waals surface area (Å²) < 4.78 is 13.2. The van der Waals surface area contributed by atoms with Gasteiger partial charge in [0.15, 0.2) is 0 Å². The molecule has 106 valence electrons. The van der Waals surface area contributed by atoms with Gasteiger partial charge in [0.2, 0.25) is 0 Å². The number of hydrogen-bond donors (Lipinski definition) is 2. The number of benzene rings is 3. The topological polar surface area (TPSA) is 24.1 Å². The zero-order chi connectivity index (χ0) is 14.9. The molecule has 0 radical (unpaired) electrons. The monoisotopic (exact) mass is 288 g/mol. The van der Waals surface area contributed by atoms with E-state index in [1.807, 2.05) is 30.3 Å². The van der Waals surface area contributed by atoms with Gasteiger partial charge in [0, 0.05) is 16.8 Å². The second-order valence-electron chi connectivity index (χ2n) is 5.39. The lowest BCUT2D eigenvalue weighted by Crippen LogP contribution is -2.35. The summed E-state index contributed by atoms with van der Waals surface area (Å²) in [7, 11) is 0. The van der Waals surface area contributed by atoms with Gasteiger partial charge in [0.25, 0.3) is 0 Å². The Morgan fingerprint density at radius 3 is 2.23 bits per heavy atom. The van der Waals surface area contributed by atoms with Crippen LogP contribution in [-0.2, 0) is 0 Å². The van der Waals surface area contributed by atoms with Crippen LogP contribution in [0.25, 0.3) is 16.8 Å². The molecule has 4 rings (SSSR count). The summed E-state index contributed by atoms with van der Waals surface area (Å²) in [6.07, 6.45) is 1.92. The van der Waals surface area contributed by atoms with Crippen LogP contribution in [-0.4, -0.2) is 6.98 Å². The van der Waals surface area contributed by atoms with Crippen LogP contribution in [0.1, 0.15) is 5.56 Å². The second-order valence-corrected chi connectivity index (χ2v) is 5.39. The predicted molar refractivity (Wildman–Crippen MR) is 92.4 cm³/mol. The van der Waals surface area contributed by atoms with E-state index < -0.39 is 0 Å². The van der Waals surface area contributed by atoms with E-state index in [0.717, 1.165) is 16.9 Å². The standard InChI is InChI=1S/C18H14BFN2/c20-15-7-1-4-13(12-15)10-11-19-21-16-8-2-5-14-6-3-9-17(22-19)18(14)16/h1-12,21-22H/b11-10+. The third-order valence-electron chi connectivity index (χ3n) is 3.86. The van der Waals surface area contributed by atoms with Gasteiger partial charge in [-0.1, -0.05) is 48.4 Å². The molecule has 0 bridgehead atoms. The van der Waals surface area contributed by atoms with Crippen molar-refractivity contribution in [1.82, 2.24) is 0 Å². The Morgan fingerprint density at radius 2 is 1.55 bits per heavy atom. The van der Waals surface area contributed by atoms with E-state index in [-0.39, 0.29) is 12.8 Å². The Bertz CT molecular complexity index is 835. The first kappa shape index (κ1) is 13.0. The normalized spacial score (nSPS) is 13.2. The summed E-state index contributed by atoms with van der Waals surface area (Å²) in [6.45, 7) is -0.0243. The molecule has 1 aliphatic rings. The molecule has 3 aromatic rings. The molecule has 0 amide bonds. The van der Waals surface area contributed by atoms with Crippen molar-refractivity contribution in [3.63, 3.8) is 0 Å². The smallest absolute Gasteiger partial charge is 0.398 e. The van der Waals surface area contributed by atoms with Gasteiger partial charge in [-0.2, -0.15) is 0 Å². The Hall–Kier alpha value is -2.75. The van der Waals surface area contributed by atoms with Crippen molar-refractivity contribution >= 4 is 35.2 Å². The van der Waals surface area contributed by atoms with E-state index in [1.165, 1.54) is 22.9 Å². The van der Waals surface area contributed by atoms with Gasteiger partial charge in [0.1, 0.15) is 5.82 Å². The van der Waals surface area contributed by atoms with Gasteiger partial charge in [-0.15, -0.1) is 0 Å². The molecule has 0 aromatic heterocycles. The molecule has 4 heteroatoms. The van der Waals surface area contributed by atoms with Gasteiger partial charge in [0.05, 0.1) is 0 Å². The highest BCUT2D eigenvalue weighted by Crippen LogP contribution is 2.33. The van der Waals surface area contributed by atoms with Crippen LogP contribution in [0.5, 0.6) is 0 Å². The van der Waals surface area contributed by atoms with Gasteiger partial charge in [-0.25, -0.2) is 4.39 Å². The van der Waals surface area contributed by atoms with Crippen LogP contribution in [0.15, 0.2) is 66.6 Å². The molecular formula is C18H14BFN2. The van der Waals surface area contributed by atoms with Gasteiger partial charge < -0.3 is 10.5 Å². The molecule has 22 heavy (non-hydrogen) atoms. The van der Waals surface area contributed by atoms with Crippen molar-refractivity contribution in [3.05, 3.63) is 78.0 Å². The highest BCUT2D eigenvalue weighted by atomic mass is 19.1. The van der Waals surface area contributed by atoms with E-state index in [4.69, 9.17) is 0 Å². The van der Waals surface area contributed by atoms with Crippen molar-refractivity contribution in [3.8, 4) is 0 Å². The number of nitrogens with one attached hydrogen (secondary N) is 2. The average Bonchev–Trinajstić information content (AvgIpc) is 2.54. The van der Waals surface area contributed by atoms with E-state index in [1.54, 1.807) is 6.07 Å². The zero-order valence-electron chi connectivity index (χ0n) is 11.9. The third-order valence-corrected chi connectivity index (χ3v) is 3.86. The van der Waals surface area contributed by atoms with Crippen LogP contribution < -0.4 is 10.5 Å². The summed E-state index contributed by atoms with van der Waals surface area (Å²) in [5.74, 6) is 1.78. The summed E-state index contributed by atoms with van der Waals surface area (Å²) in [4.78, 5) is 0. The molecule has 0 spiro atoms. The van der Waals surface area contributed by atoms with Crippen LogP contribution in [0, 0.1) is 5.82 Å². The van der Waals surface area contributed by atoms with Crippen LogP contribution in [0.3, 0.4) is 0 Å². The number of anilines is 2. The molecule has 0 saturated heterocycles. The van der Waals surface area contributed by atoms with Gasteiger partial charge in [-0.05, 0) is 35.2 Å². The van der Waals surface area contributed by atoms with Crippen molar-refractivity contribution < 1.29 is 4.39 Å². The Labute approximate surface area is 128 Å². The molecular weight excluding hydrogens is 274 g/mol. The molecule has 0 unspecified atom stereocenters. The maximum Gasteiger partial charge on any atom is 0.398 e. The van der Waals surface area contributed by atoms with Gasteiger partial charge >= 0.3 is 6.98 Å². The molecule has 3 aromatic carbocycles. The van der Waals surface area contributed by atoms with Crippen molar-refractivity contribution in [1.29, 1.82) is 0 Å². The second kappa shape index (κ2) is 5.22. The van der Waals surface area contributed by atoms with Crippen LogP contribution >= 0.6 is 0 Å². The first-order valence-electron chi connectivity index (χ1n) is 7.28. The van der Waals surface area contributed by atoms with E-state index in [9.17, 15) is 4.39 Å². The van der Waals surface area contributed by atoms with Crippen molar-refractivity contribution in [2.45, 2.75) is 0 Å². The minimum atomic E-state index is -0.221. The Balaban J connectivity index is 1.64. The zero-order valence-corrected chi connectivity index (χ0v) is 11.9. The van der Waals surface area contributed by atoms with Crippen LogP contribution in [0.2, 0.25) is 0 Å². The first-order chi connectivity index (χ1) is 10.8. The van der Waals surface area contributed by atoms with Crippen molar-refractivity contribution in [2.75, 3.05) is 10.5 Å². The lowest BCUT2D eigenvalue weighted by molar-refractivity contribution is 0.627. The summed E-state index contributed by atoms with van der Waals surface area (Å²) in [5, 5.41) is 9.33. The average molecular weight is 288 g/mol. The highest BCUT2D eigenvalue weighted by Gasteiger charge is 2.20. The maximum absolute atomic E-state index is 13.2. The molecule has 1 heterocycles. The first-order valence-corrected chi connectivity index (χ1v) is 7.28. The maximum atomic E-state index is 13.2.